The molecule has 10 heteroatoms. The average Bonchev–Trinajstić information content (AvgIpc) is 3.71. The molecule has 1 saturated carbocycles. The molecule has 0 radical (unpaired) electrons. The summed E-state index contributed by atoms with van der Waals surface area (Å²) in [5.41, 5.74) is 0.899. The number of fused-ring (bicyclic) bond motifs is 1. The first-order valence-corrected chi connectivity index (χ1v) is 14.0. The molecule has 0 spiro atoms. The Hall–Kier alpha value is -4.21. The topological polar surface area (TPSA) is 120 Å². The molecule has 2 amide bonds. The molecule has 3 aromatic rings. The highest BCUT2D eigenvalue weighted by Crippen LogP contribution is 2.44. The van der Waals surface area contributed by atoms with Crippen molar-refractivity contribution in [3.8, 4) is 0 Å². The number of methoxy groups -OCH3 is 1. The van der Waals surface area contributed by atoms with Crippen LogP contribution in [0.3, 0.4) is 0 Å². The first-order valence-electron chi connectivity index (χ1n) is 14.0. The van der Waals surface area contributed by atoms with Crippen LogP contribution >= 0.6 is 0 Å². The minimum atomic E-state index is -0.730. The van der Waals surface area contributed by atoms with Crippen LogP contribution < -0.4 is 5.32 Å². The lowest BCUT2D eigenvalue weighted by Gasteiger charge is -2.35. The molecule has 216 valence electrons. The molecule has 2 aromatic carbocycles. The van der Waals surface area contributed by atoms with Gasteiger partial charge in [-0.05, 0) is 76.3 Å². The Morgan fingerprint density at radius 1 is 1.00 bits per heavy atom. The van der Waals surface area contributed by atoms with Gasteiger partial charge < -0.3 is 19.7 Å². The van der Waals surface area contributed by atoms with E-state index in [0.29, 0.717) is 48.0 Å². The van der Waals surface area contributed by atoms with Crippen molar-refractivity contribution in [2.45, 2.75) is 76.4 Å². The molecule has 1 atom stereocenters. The third-order valence-corrected chi connectivity index (χ3v) is 7.98. The minimum Gasteiger partial charge on any atom is -0.465 e. The van der Waals surface area contributed by atoms with Crippen molar-refractivity contribution in [3.63, 3.8) is 0 Å². The average molecular weight is 561 g/mol. The van der Waals surface area contributed by atoms with Crippen molar-refractivity contribution < 1.29 is 28.7 Å². The third kappa shape index (κ3) is 5.42. The summed E-state index contributed by atoms with van der Waals surface area (Å²) >= 11 is 0. The van der Waals surface area contributed by atoms with Gasteiger partial charge in [0.1, 0.15) is 11.6 Å². The number of rotatable bonds is 5. The number of benzene rings is 2. The lowest BCUT2D eigenvalue weighted by molar-refractivity contribution is -0.141. The van der Waals surface area contributed by atoms with Gasteiger partial charge in [-0.25, -0.2) is 9.59 Å². The number of ether oxygens (including phenoxy) is 2. The highest BCUT2D eigenvalue weighted by molar-refractivity contribution is 6.05. The molecule has 2 fully saturated rings. The van der Waals surface area contributed by atoms with E-state index < -0.39 is 29.1 Å². The van der Waals surface area contributed by atoms with Crippen molar-refractivity contribution in [2.24, 2.45) is 0 Å². The van der Waals surface area contributed by atoms with Gasteiger partial charge in [0.25, 0.3) is 0 Å². The maximum Gasteiger partial charge on any atom is 0.435 e. The number of anilines is 1. The van der Waals surface area contributed by atoms with Gasteiger partial charge in [-0.3, -0.25) is 9.59 Å². The van der Waals surface area contributed by atoms with E-state index in [2.05, 4.69) is 10.4 Å². The van der Waals surface area contributed by atoms with E-state index in [1.165, 1.54) is 18.0 Å². The van der Waals surface area contributed by atoms with Gasteiger partial charge in [-0.15, -0.1) is 0 Å². The number of carbonyl (C=O) groups is 4. The lowest BCUT2D eigenvalue weighted by atomic mass is 9.77. The summed E-state index contributed by atoms with van der Waals surface area (Å²) in [7, 11) is 1.34. The number of esters is 1. The second-order valence-corrected chi connectivity index (χ2v) is 11.8. The van der Waals surface area contributed by atoms with E-state index in [4.69, 9.17) is 9.47 Å². The van der Waals surface area contributed by atoms with Crippen LogP contribution in [0.15, 0.2) is 48.7 Å². The van der Waals surface area contributed by atoms with E-state index in [1.807, 2.05) is 12.1 Å². The van der Waals surface area contributed by atoms with Crippen LogP contribution in [0.4, 0.5) is 10.5 Å². The van der Waals surface area contributed by atoms with Gasteiger partial charge in [-0.2, -0.15) is 9.78 Å². The standard InChI is InChI=1S/C31H36N4O6/c1-30(2,3)41-29(39)35-24-10-7-9-23(22(24)19-32-35)33-26(36)25-11-8-18-34(25)28(38)31(16-5-6-17-31)21-14-12-20(13-15-21)27(37)40-4/h7,9-10,12-15,19,25H,5-6,8,11,16-18H2,1-4H3,(H,33,36)/t25-/m1/s1. The maximum atomic E-state index is 14.2. The molecule has 41 heavy (non-hydrogen) atoms. The number of hydrogen-bond acceptors (Lipinski definition) is 7. The number of carbonyl (C=O) groups excluding carboxylic acids is 4. The zero-order valence-electron chi connectivity index (χ0n) is 23.9. The van der Waals surface area contributed by atoms with Crippen molar-refractivity contribution in [1.29, 1.82) is 0 Å². The van der Waals surface area contributed by atoms with Crippen molar-refractivity contribution in [1.82, 2.24) is 14.7 Å². The molecule has 0 unspecified atom stereocenters. The highest BCUT2D eigenvalue weighted by Gasteiger charge is 2.48. The Morgan fingerprint density at radius 3 is 2.37 bits per heavy atom. The zero-order chi connectivity index (χ0) is 29.4. The number of amides is 2. The third-order valence-electron chi connectivity index (χ3n) is 7.98. The largest absolute Gasteiger partial charge is 0.465 e. The van der Waals surface area contributed by atoms with Crippen LogP contribution in [0.1, 0.15) is 75.2 Å². The molecule has 0 bridgehead atoms. The summed E-state index contributed by atoms with van der Waals surface area (Å²) in [5.74, 6) is -0.747. The summed E-state index contributed by atoms with van der Waals surface area (Å²) in [6.45, 7) is 5.84. The Bertz CT molecular complexity index is 1480. The molecule has 1 saturated heterocycles. The van der Waals surface area contributed by atoms with Gasteiger partial charge in [0.05, 0.1) is 35.5 Å². The molecule has 2 aliphatic rings. The smallest absolute Gasteiger partial charge is 0.435 e. The molecule has 10 nitrogen and oxygen atoms in total. The van der Waals surface area contributed by atoms with Gasteiger partial charge in [-0.1, -0.05) is 31.0 Å². The minimum absolute atomic E-state index is 0.0468. The van der Waals surface area contributed by atoms with E-state index in [9.17, 15) is 19.2 Å². The monoisotopic (exact) mass is 560 g/mol. The van der Waals surface area contributed by atoms with Crippen molar-refractivity contribution in [2.75, 3.05) is 19.0 Å². The van der Waals surface area contributed by atoms with Gasteiger partial charge >= 0.3 is 12.1 Å². The van der Waals surface area contributed by atoms with Crippen LogP contribution in [-0.2, 0) is 24.5 Å². The summed E-state index contributed by atoms with van der Waals surface area (Å²) in [4.78, 5) is 54.2. The molecule has 5 rings (SSSR count). The van der Waals surface area contributed by atoms with Gasteiger partial charge in [0.2, 0.25) is 11.8 Å². The van der Waals surface area contributed by atoms with Crippen LogP contribution in [0.2, 0.25) is 0 Å². The molecule has 1 aromatic heterocycles. The fraction of sp³-hybridized carbons (Fsp3) is 0.452. The second kappa shape index (κ2) is 11.0. The van der Waals surface area contributed by atoms with Gasteiger partial charge in [0.15, 0.2) is 0 Å². The van der Waals surface area contributed by atoms with E-state index >= 15 is 0 Å². The highest BCUT2D eigenvalue weighted by atomic mass is 16.6. The SMILES string of the molecule is COC(=O)c1ccc(C2(C(=O)N3CCC[C@@H]3C(=O)Nc3cccc4c3cnn4C(=O)OC(C)(C)C)CCCC2)cc1. The molecular weight excluding hydrogens is 524 g/mol. The number of nitrogens with one attached hydrogen (secondary N) is 1. The Kier molecular flexibility index (Phi) is 7.59. The normalized spacial score (nSPS) is 18.3. The number of nitrogens with zero attached hydrogens (tertiary/aromatic N) is 3. The summed E-state index contributed by atoms with van der Waals surface area (Å²) < 4.78 is 11.5. The first-order chi connectivity index (χ1) is 19.5. The zero-order valence-corrected chi connectivity index (χ0v) is 23.9. The lowest BCUT2D eigenvalue weighted by Crippen LogP contribution is -2.51. The van der Waals surface area contributed by atoms with Crippen LogP contribution in [-0.4, -0.2) is 63.9 Å². The quantitative estimate of drug-likeness (QED) is 0.434. The Balaban J connectivity index is 1.37. The first kappa shape index (κ1) is 28.3. The fourth-order valence-electron chi connectivity index (χ4n) is 6.03. The van der Waals surface area contributed by atoms with E-state index in [1.54, 1.807) is 56.0 Å². The number of hydrogen-bond donors (Lipinski definition) is 1. The summed E-state index contributed by atoms with van der Waals surface area (Å²) in [5, 5.41) is 7.79. The Labute approximate surface area is 239 Å². The molecule has 2 heterocycles. The predicted octanol–water partition coefficient (Wildman–Crippen LogP) is 5.05. The predicted molar refractivity (Wildman–Crippen MR) is 153 cm³/mol. The molecular formula is C31H36N4O6. The van der Waals surface area contributed by atoms with Gasteiger partial charge in [0, 0.05) is 11.9 Å². The molecule has 1 N–H and O–H groups in total. The van der Waals surface area contributed by atoms with E-state index in [0.717, 1.165) is 24.8 Å². The fourth-order valence-corrected chi connectivity index (χ4v) is 6.03. The Morgan fingerprint density at radius 2 is 1.71 bits per heavy atom. The van der Waals surface area contributed by atoms with E-state index in [-0.39, 0.29) is 11.8 Å². The molecule has 1 aliphatic carbocycles. The number of likely N-dealkylation sites (tertiary alicyclic amines) is 1. The molecule has 1 aliphatic heterocycles. The van der Waals surface area contributed by atoms with Crippen LogP contribution in [0.25, 0.3) is 10.9 Å². The summed E-state index contributed by atoms with van der Waals surface area (Å²) in [6, 6.07) is 11.7. The summed E-state index contributed by atoms with van der Waals surface area (Å²) in [6.07, 6.45) is 5.42. The van der Waals surface area contributed by atoms with Crippen LogP contribution in [0, 0.1) is 0 Å². The number of aromatic nitrogens is 2. The van der Waals surface area contributed by atoms with Crippen molar-refractivity contribution >= 4 is 40.5 Å². The maximum absolute atomic E-state index is 14.2. The second-order valence-electron chi connectivity index (χ2n) is 11.8. The van der Waals surface area contributed by atoms with Crippen molar-refractivity contribution in [3.05, 3.63) is 59.8 Å². The van der Waals surface area contributed by atoms with Crippen LogP contribution in [0.5, 0.6) is 0 Å².